The Morgan fingerprint density at radius 1 is 1.11 bits per heavy atom. The molecule has 1 aliphatic carbocycles. The summed E-state index contributed by atoms with van der Waals surface area (Å²) in [5.41, 5.74) is 3.14. The molecule has 3 aromatic rings. The summed E-state index contributed by atoms with van der Waals surface area (Å²) in [7, 11) is 0. The molecule has 4 rings (SSSR count). The van der Waals surface area contributed by atoms with Gasteiger partial charge in [-0.25, -0.2) is 4.98 Å². The van der Waals surface area contributed by atoms with Gasteiger partial charge in [0.25, 0.3) is 0 Å². The fourth-order valence-corrected chi connectivity index (χ4v) is 5.11. The number of aryl methyl sites for hydroxylation is 4. The van der Waals surface area contributed by atoms with E-state index in [-0.39, 0.29) is 0 Å². The number of nitrogens with one attached hydrogen (secondary N) is 1. The number of hydrogen-bond donors (Lipinski definition) is 1. The van der Waals surface area contributed by atoms with Crippen molar-refractivity contribution >= 4 is 21.6 Å². The lowest BCUT2D eigenvalue weighted by atomic mass is 9.97. The first kappa shape index (κ1) is 19.0. The molecule has 0 aliphatic heterocycles. The Morgan fingerprint density at radius 3 is 2.71 bits per heavy atom. The van der Waals surface area contributed by atoms with Crippen molar-refractivity contribution in [2.24, 2.45) is 0 Å². The van der Waals surface area contributed by atoms with E-state index in [1.165, 1.54) is 28.8 Å². The minimum absolute atomic E-state index is 0.598. The van der Waals surface area contributed by atoms with E-state index in [1.807, 2.05) is 30.8 Å². The van der Waals surface area contributed by atoms with Crippen LogP contribution in [0.5, 0.6) is 11.5 Å². The third kappa shape index (κ3) is 3.65. The monoisotopic (exact) mass is 397 g/mol. The van der Waals surface area contributed by atoms with Crippen LogP contribution in [0.25, 0.3) is 10.2 Å². The molecule has 1 aromatic carbocycles. The average Bonchev–Trinajstić information content (AvgIpc) is 3.09. The maximum absolute atomic E-state index is 8.74. The summed E-state index contributed by atoms with van der Waals surface area (Å²) in [5.74, 6) is 1.58. The maximum atomic E-state index is 8.74. The summed E-state index contributed by atoms with van der Waals surface area (Å²) in [5, 5.41) is 9.82. The van der Waals surface area contributed by atoms with Crippen LogP contribution in [0, 0.1) is 5.41 Å². The molecule has 0 unspecified atom stereocenters. The van der Waals surface area contributed by atoms with E-state index < -0.39 is 0 Å². The number of benzene rings is 1. The topological polar surface area (TPSA) is 60.1 Å². The van der Waals surface area contributed by atoms with E-state index in [2.05, 4.69) is 17.1 Å². The first-order valence-electron chi connectivity index (χ1n) is 10.1. The first-order valence-corrected chi connectivity index (χ1v) is 11.0. The molecule has 0 radical (unpaired) electrons. The number of aromatic nitrogens is 2. The lowest BCUT2D eigenvalue weighted by Gasteiger charge is -2.13. The number of hydrogen-bond acceptors (Lipinski definition) is 5. The zero-order valence-electron chi connectivity index (χ0n) is 16.6. The van der Waals surface area contributed by atoms with Crippen LogP contribution in [0.15, 0.2) is 24.5 Å². The van der Waals surface area contributed by atoms with Gasteiger partial charge in [0.05, 0.1) is 24.9 Å². The van der Waals surface area contributed by atoms with Crippen LogP contribution >= 0.6 is 11.3 Å². The van der Waals surface area contributed by atoms with E-state index in [0.29, 0.717) is 18.7 Å². The molecule has 0 atom stereocenters. The lowest BCUT2D eigenvalue weighted by molar-refractivity contribution is 0.287. The van der Waals surface area contributed by atoms with Crippen molar-refractivity contribution in [2.45, 2.75) is 52.5 Å². The molecule has 1 N–H and O–H groups in total. The van der Waals surface area contributed by atoms with Crippen LogP contribution < -0.4 is 15.0 Å². The summed E-state index contributed by atoms with van der Waals surface area (Å²) in [6.07, 6.45) is 7.35. The van der Waals surface area contributed by atoms with Crippen LogP contribution in [0.4, 0.5) is 0 Å². The molecule has 1 aliphatic rings. The van der Waals surface area contributed by atoms with Gasteiger partial charge in [-0.1, -0.05) is 6.07 Å². The molecule has 0 saturated heterocycles. The Bertz CT molecular complexity index is 1040. The summed E-state index contributed by atoms with van der Waals surface area (Å²) in [4.78, 5) is 7.12. The lowest BCUT2D eigenvalue weighted by Crippen LogP contribution is -2.22. The number of thiophene rings is 1. The minimum Gasteiger partial charge on any atom is -0.490 e. The highest BCUT2D eigenvalue weighted by molar-refractivity contribution is 7.18. The molecule has 0 spiro atoms. The number of rotatable bonds is 7. The second-order valence-electron chi connectivity index (χ2n) is 7.07. The predicted molar refractivity (Wildman–Crippen MR) is 113 cm³/mol. The Morgan fingerprint density at radius 2 is 1.89 bits per heavy atom. The summed E-state index contributed by atoms with van der Waals surface area (Å²) in [6.45, 7) is 5.91. The quantitative estimate of drug-likeness (QED) is 0.639. The van der Waals surface area contributed by atoms with Crippen molar-refractivity contribution in [2.75, 3.05) is 13.2 Å². The zero-order chi connectivity index (χ0) is 19.5. The second-order valence-corrected chi connectivity index (χ2v) is 8.16. The molecule has 28 heavy (non-hydrogen) atoms. The molecule has 0 bridgehead atoms. The molecule has 0 amide bonds. The third-order valence-electron chi connectivity index (χ3n) is 5.24. The van der Waals surface area contributed by atoms with E-state index in [4.69, 9.17) is 14.9 Å². The maximum Gasteiger partial charge on any atom is 0.161 e. The second kappa shape index (κ2) is 8.35. The van der Waals surface area contributed by atoms with Gasteiger partial charge in [0.15, 0.2) is 11.5 Å². The molecule has 5 nitrogen and oxygen atoms in total. The van der Waals surface area contributed by atoms with Gasteiger partial charge in [-0.3, -0.25) is 5.41 Å². The smallest absolute Gasteiger partial charge is 0.161 e. The van der Waals surface area contributed by atoms with Crippen LogP contribution in [-0.4, -0.2) is 22.8 Å². The highest BCUT2D eigenvalue weighted by atomic mass is 32.1. The van der Waals surface area contributed by atoms with Crippen LogP contribution in [-0.2, 0) is 25.8 Å². The van der Waals surface area contributed by atoms with Gasteiger partial charge in [-0.15, -0.1) is 11.3 Å². The zero-order valence-corrected chi connectivity index (χ0v) is 17.4. The normalized spacial score (nSPS) is 13.5. The highest BCUT2D eigenvalue weighted by Gasteiger charge is 2.18. The largest absolute Gasteiger partial charge is 0.490 e. The van der Waals surface area contributed by atoms with Crippen molar-refractivity contribution in [1.29, 1.82) is 5.41 Å². The SMILES string of the molecule is CCOc1ccc(CCn2cnc3sc4c(c3c2=N)CCCC4)cc1OCC. The number of fused-ring (bicyclic) bond motifs is 3. The Hall–Kier alpha value is -2.34. The van der Waals surface area contributed by atoms with Crippen molar-refractivity contribution in [3.63, 3.8) is 0 Å². The molecule has 2 heterocycles. The van der Waals surface area contributed by atoms with Gasteiger partial charge in [0, 0.05) is 11.4 Å². The van der Waals surface area contributed by atoms with Gasteiger partial charge in [-0.2, -0.15) is 0 Å². The third-order valence-corrected chi connectivity index (χ3v) is 6.44. The van der Waals surface area contributed by atoms with E-state index >= 15 is 0 Å². The molecule has 6 heteroatoms. The Kier molecular flexibility index (Phi) is 5.67. The molecule has 2 aromatic heterocycles. The fourth-order valence-electron chi connectivity index (χ4n) is 3.88. The van der Waals surface area contributed by atoms with Gasteiger partial charge >= 0.3 is 0 Å². The van der Waals surface area contributed by atoms with Crippen molar-refractivity contribution in [3.8, 4) is 11.5 Å². The van der Waals surface area contributed by atoms with E-state index in [0.717, 1.165) is 47.5 Å². The van der Waals surface area contributed by atoms with Gasteiger partial charge in [-0.05, 0) is 69.2 Å². The molecule has 148 valence electrons. The molecule has 0 fully saturated rings. The van der Waals surface area contributed by atoms with Crippen LogP contribution in [0.2, 0.25) is 0 Å². The predicted octanol–water partition coefficient (Wildman–Crippen LogP) is 4.50. The number of nitrogens with zero attached hydrogens (tertiary/aromatic N) is 2. The Balaban J connectivity index is 1.58. The average molecular weight is 398 g/mol. The summed E-state index contributed by atoms with van der Waals surface area (Å²) < 4.78 is 13.4. The van der Waals surface area contributed by atoms with E-state index in [9.17, 15) is 0 Å². The Labute approximate surface area is 169 Å². The van der Waals surface area contributed by atoms with E-state index in [1.54, 1.807) is 11.3 Å². The standard InChI is InChI=1S/C22H27N3O2S/c1-3-26-17-10-9-15(13-18(17)27-4-2)11-12-25-14-24-22-20(21(25)23)16-7-5-6-8-19(16)28-22/h9-10,13-14,23H,3-8,11-12H2,1-2H3. The van der Waals surface area contributed by atoms with Crippen LogP contribution in [0.1, 0.15) is 42.7 Å². The van der Waals surface area contributed by atoms with Crippen molar-refractivity contribution < 1.29 is 9.47 Å². The molecule has 0 saturated carbocycles. The summed E-state index contributed by atoms with van der Waals surface area (Å²) in [6, 6.07) is 6.11. The highest BCUT2D eigenvalue weighted by Crippen LogP contribution is 2.33. The van der Waals surface area contributed by atoms with Gasteiger partial charge < -0.3 is 14.0 Å². The molecular formula is C22H27N3O2S. The minimum atomic E-state index is 0.598. The van der Waals surface area contributed by atoms with Crippen molar-refractivity contribution in [1.82, 2.24) is 9.55 Å². The van der Waals surface area contributed by atoms with Gasteiger partial charge in [0.1, 0.15) is 10.3 Å². The van der Waals surface area contributed by atoms with Crippen molar-refractivity contribution in [3.05, 3.63) is 46.0 Å². The first-order chi connectivity index (χ1) is 13.7. The van der Waals surface area contributed by atoms with Crippen LogP contribution in [0.3, 0.4) is 0 Å². The summed E-state index contributed by atoms with van der Waals surface area (Å²) >= 11 is 1.78. The molecular weight excluding hydrogens is 370 g/mol. The fraction of sp³-hybridized carbons (Fsp3) is 0.455. The number of ether oxygens (including phenoxy) is 2. The van der Waals surface area contributed by atoms with Gasteiger partial charge in [0.2, 0.25) is 0 Å².